The number of anilines is 2. The molecule has 29 heavy (non-hydrogen) atoms. The van der Waals surface area contributed by atoms with E-state index < -0.39 is 5.60 Å². The Morgan fingerprint density at radius 2 is 1.93 bits per heavy atom. The molecule has 1 aliphatic heterocycles. The summed E-state index contributed by atoms with van der Waals surface area (Å²) in [5.41, 5.74) is 2.29. The van der Waals surface area contributed by atoms with Crippen molar-refractivity contribution in [2.75, 3.05) is 23.9 Å². The molecule has 0 unspecified atom stereocenters. The Balaban J connectivity index is 1.64. The normalized spacial score (nSPS) is 22.2. The maximum atomic E-state index is 10.1. The molecule has 7 nitrogen and oxygen atoms in total. The fourth-order valence-electron chi connectivity index (χ4n) is 4.11. The van der Waals surface area contributed by atoms with Gasteiger partial charge in [-0.15, -0.1) is 0 Å². The van der Waals surface area contributed by atoms with E-state index in [-0.39, 0.29) is 0 Å². The molecule has 1 aliphatic carbocycles. The average Bonchev–Trinajstić information content (AvgIpc) is 2.73. The zero-order valence-electron chi connectivity index (χ0n) is 17.4. The van der Waals surface area contributed by atoms with Gasteiger partial charge in [-0.25, -0.2) is 9.97 Å². The number of pyridine rings is 1. The van der Waals surface area contributed by atoms with Gasteiger partial charge in [0.1, 0.15) is 5.60 Å². The molecule has 0 atom stereocenters. The largest absolute Gasteiger partial charge is 0.384 e. The zero-order valence-corrected chi connectivity index (χ0v) is 17.4. The molecule has 2 aliphatic rings. The number of nitrogens with zero attached hydrogens (tertiary/aromatic N) is 4. The SMILES string of the molecule is C=C1CNc2ncc(-c3ccc([14C](C)(C)O)nc3)nc2N1C1CCC(OC)CC1. The topological polar surface area (TPSA) is 83.4 Å². The number of aliphatic hydroxyl groups is 1. The van der Waals surface area contributed by atoms with Crippen LogP contribution >= 0.6 is 0 Å². The minimum Gasteiger partial charge on any atom is -0.384 e. The summed E-state index contributed by atoms with van der Waals surface area (Å²) < 4.78 is 5.53. The number of nitrogens with one attached hydrogen (secondary N) is 1. The quantitative estimate of drug-likeness (QED) is 0.817. The van der Waals surface area contributed by atoms with Crippen molar-refractivity contribution in [1.29, 1.82) is 0 Å². The molecule has 0 bridgehead atoms. The van der Waals surface area contributed by atoms with Gasteiger partial charge in [-0.2, -0.15) is 0 Å². The second-order valence-corrected chi connectivity index (χ2v) is 8.37. The highest BCUT2D eigenvalue weighted by atomic mass is 16.5. The minimum absolute atomic E-state index is 0.347. The number of hydrogen-bond donors (Lipinski definition) is 2. The Morgan fingerprint density at radius 3 is 2.55 bits per heavy atom. The second-order valence-electron chi connectivity index (χ2n) is 8.37. The van der Waals surface area contributed by atoms with E-state index in [1.165, 1.54) is 0 Å². The average molecular weight is 397 g/mol. The van der Waals surface area contributed by atoms with Crippen molar-refractivity contribution in [3.63, 3.8) is 0 Å². The number of ether oxygens (including phenoxy) is 1. The van der Waals surface area contributed by atoms with Gasteiger partial charge in [0.2, 0.25) is 0 Å². The summed E-state index contributed by atoms with van der Waals surface area (Å²) in [6.07, 6.45) is 8.03. The molecule has 0 spiro atoms. The molecule has 3 heterocycles. The van der Waals surface area contributed by atoms with Gasteiger partial charge in [-0.05, 0) is 51.7 Å². The summed E-state index contributed by atoms with van der Waals surface area (Å²) in [5, 5.41) is 13.5. The summed E-state index contributed by atoms with van der Waals surface area (Å²) in [5.74, 6) is 1.61. The van der Waals surface area contributed by atoms with Crippen LogP contribution in [-0.2, 0) is 10.3 Å². The van der Waals surface area contributed by atoms with Crippen LogP contribution in [0, 0.1) is 0 Å². The Labute approximate surface area is 171 Å². The first-order valence-electron chi connectivity index (χ1n) is 10.2. The Morgan fingerprint density at radius 1 is 1.17 bits per heavy atom. The number of rotatable bonds is 4. The van der Waals surface area contributed by atoms with Gasteiger partial charge in [0.15, 0.2) is 11.6 Å². The molecular weight excluding hydrogens is 368 g/mol. The van der Waals surface area contributed by atoms with Crippen LogP contribution in [0.2, 0.25) is 0 Å². The van der Waals surface area contributed by atoms with Crippen molar-refractivity contribution in [3.8, 4) is 11.3 Å². The van der Waals surface area contributed by atoms with Crippen LogP contribution < -0.4 is 10.2 Å². The third-order valence-electron chi connectivity index (χ3n) is 5.81. The van der Waals surface area contributed by atoms with Gasteiger partial charge in [-0.1, -0.05) is 6.58 Å². The second kappa shape index (κ2) is 7.72. The van der Waals surface area contributed by atoms with E-state index in [2.05, 4.69) is 26.8 Å². The lowest BCUT2D eigenvalue weighted by Gasteiger charge is -2.41. The smallest absolute Gasteiger partial charge is 0.176 e. The highest BCUT2D eigenvalue weighted by Crippen LogP contribution is 2.37. The maximum absolute atomic E-state index is 10.1. The van der Waals surface area contributed by atoms with Gasteiger partial charge in [0.05, 0.1) is 30.2 Å². The Hall–Kier alpha value is -2.51. The van der Waals surface area contributed by atoms with E-state index in [1.807, 2.05) is 12.1 Å². The Bertz CT molecular complexity index is 883. The van der Waals surface area contributed by atoms with Crippen molar-refractivity contribution < 1.29 is 9.84 Å². The van der Waals surface area contributed by atoms with Crippen molar-refractivity contribution >= 4 is 11.6 Å². The predicted molar refractivity (Wildman–Crippen MR) is 114 cm³/mol. The van der Waals surface area contributed by atoms with Crippen LogP contribution in [0.3, 0.4) is 0 Å². The maximum Gasteiger partial charge on any atom is 0.176 e. The van der Waals surface area contributed by atoms with Gasteiger partial charge < -0.3 is 20.1 Å². The van der Waals surface area contributed by atoms with Gasteiger partial charge in [0.25, 0.3) is 0 Å². The van der Waals surface area contributed by atoms with Crippen LogP contribution in [0.15, 0.2) is 36.8 Å². The third kappa shape index (κ3) is 3.97. The molecule has 7 heteroatoms. The molecule has 0 saturated heterocycles. The van der Waals surface area contributed by atoms with Gasteiger partial charge in [0, 0.05) is 30.6 Å². The molecule has 0 aromatic carbocycles. The number of hydrogen-bond acceptors (Lipinski definition) is 7. The van der Waals surface area contributed by atoms with Crippen LogP contribution in [0.1, 0.15) is 45.2 Å². The molecule has 1 fully saturated rings. The molecule has 4 rings (SSSR count). The van der Waals surface area contributed by atoms with Gasteiger partial charge in [-0.3, -0.25) is 4.98 Å². The molecule has 154 valence electrons. The highest BCUT2D eigenvalue weighted by molar-refractivity contribution is 5.72. The lowest BCUT2D eigenvalue weighted by molar-refractivity contribution is 0.0660. The summed E-state index contributed by atoms with van der Waals surface area (Å²) in [6, 6.07) is 4.11. The highest BCUT2D eigenvalue weighted by Gasteiger charge is 2.32. The minimum atomic E-state index is -0.973. The first-order valence-corrected chi connectivity index (χ1v) is 10.2. The summed E-state index contributed by atoms with van der Waals surface area (Å²) >= 11 is 0. The summed E-state index contributed by atoms with van der Waals surface area (Å²) in [6.45, 7) is 8.39. The molecule has 1 saturated carbocycles. The van der Waals surface area contributed by atoms with Crippen molar-refractivity contribution in [3.05, 3.63) is 42.5 Å². The summed E-state index contributed by atoms with van der Waals surface area (Å²) in [4.78, 5) is 16.2. The van der Waals surface area contributed by atoms with Crippen LogP contribution in [0.25, 0.3) is 11.3 Å². The molecular formula is C22H29N5O2. The van der Waals surface area contributed by atoms with Crippen molar-refractivity contribution in [2.45, 2.75) is 57.3 Å². The molecule has 0 amide bonds. The van der Waals surface area contributed by atoms with Crippen molar-refractivity contribution in [2.24, 2.45) is 0 Å². The van der Waals surface area contributed by atoms with Crippen molar-refractivity contribution in [1.82, 2.24) is 15.0 Å². The number of fused-ring (bicyclic) bond motifs is 1. The van der Waals surface area contributed by atoms with E-state index in [0.717, 1.165) is 54.3 Å². The monoisotopic (exact) mass is 397 g/mol. The summed E-state index contributed by atoms with van der Waals surface area (Å²) in [7, 11) is 1.79. The van der Waals surface area contributed by atoms with E-state index in [4.69, 9.17) is 9.72 Å². The molecule has 2 aromatic rings. The number of aromatic nitrogens is 3. The van der Waals surface area contributed by atoms with E-state index in [0.29, 0.717) is 24.4 Å². The van der Waals surface area contributed by atoms with E-state index in [1.54, 1.807) is 33.4 Å². The molecule has 2 N–H and O–H groups in total. The van der Waals surface area contributed by atoms with Gasteiger partial charge >= 0.3 is 0 Å². The van der Waals surface area contributed by atoms with E-state index >= 15 is 0 Å². The number of methoxy groups -OCH3 is 1. The first kappa shape index (κ1) is 19.8. The standard InChI is InChI=1S/C22H29N5O2/c1-14-11-24-20-21(27(14)16-6-8-17(29-4)9-7-16)26-18(13-25-20)15-5-10-19(23-12-15)22(2,3)28/h5,10,12-13,16-17,28H,1,6-9,11H2,2-4H3,(H,24,25)/i22+2. The molecule has 0 radical (unpaired) electrons. The lowest BCUT2D eigenvalue weighted by atomic mass is 9.91. The molecule has 2 aromatic heterocycles. The third-order valence-corrected chi connectivity index (χ3v) is 5.81. The van der Waals surface area contributed by atoms with E-state index in [9.17, 15) is 5.11 Å². The van der Waals surface area contributed by atoms with Crippen LogP contribution in [-0.4, -0.2) is 45.9 Å². The lowest BCUT2D eigenvalue weighted by Crippen LogP contribution is -2.43. The fraction of sp³-hybridized carbons (Fsp3) is 0.500. The Kier molecular flexibility index (Phi) is 5.27. The van der Waals surface area contributed by atoms with Crippen LogP contribution in [0.5, 0.6) is 0 Å². The first-order chi connectivity index (χ1) is 13.9. The fourth-order valence-corrected chi connectivity index (χ4v) is 4.11. The predicted octanol–water partition coefficient (Wildman–Crippen LogP) is 3.47. The van der Waals surface area contributed by atoms with Crippen LogP contribution in [0.4, 0.5) is 11.6 Å². The zero-order chi connectivity index (χ0) is 20.6.